The summed E-state index contributed by atoms with van der Waals surface area (Å²) in [6.45, 7) is 1.95. The Morgan fingerprint density at radius 1 is 1.27 bits per heavy atom. The quantitative estimate of drug-likeness (QED) is 0.520. The third-order valence-electron chi connectivity index (χ3n) is 3.78. The number of rotatable bonds is 1. The summed E-state index contributed by atoms with van der Waals surface area (Å²) in [6.07, 6.45) is 0. The number of aryl methyl sites for hydroxylation is 2. The van der Waals surface area contributed by atoms with Crippen molar-refractivity contribution in [2.45, 2.75) is 6.92 Å². The highest BCUT2D eigenvalue weighted by Gasteiger charge is 2.16. The van der Waals surface area contributed by atoms with Gasteiger partial charge in [-0.3, -0.25) is 0 Å². The molecule has 4 rings (SSSR count). The molecule has 1 aromatic carbocycles. The lowest BCUT2D eigenvalue weighted by atomic mass is 10.1. The Labute approximate surface area is 134 Å². The van der Waals surface area contributed by atoms with Gasteiger partial charge in [0, 0.05) is 18.0 Å². The van der Waals surface area contributed by atoms with Crippen molar-refractivity contribution in [3.8, 4) is 11.3 Å². The van der Waals surface area contributed by atoms with Crippen LogP contribution in [-0.4, -0.2) is 19.7 Å². The molecule has 0 radical (unpaired) electrons. The Morgan fingerprint density at radius 3 is 2.91 bits per heavy atom. The molecule has 3 aromatic heterocycles. The van der Waals surface area contributed by atoms with Crippen molar-refractivity contribution in [1.29, 1.82) is 0 Å². The second-order valence-electron chi connectivity index (χ2n) is 5.05. The maximum Gasteiger partial charge on any atom is 0.163 e. The van der Waals surface area contributed by atoms with E-state index in [1.54, 1.807) is 0 Å². The number of halogens is 2. The second-order valence-corrected chi connectivity index (χ2v) is 6.29. The lowest BCUT2D eigenvalue weighted by Gasteiger charge is -2.03. The van der Waals surface area contributed by atoms with Gasteiger partial charge in [0.1, 0.15) is 17.3 Å². The van der Waals surface area contributed by atoms with E-state index in [4.69, 9.17) is 11.6 Å². The van der Waals surface area contributed by atoms with Crippen molar-refractivity contribution in [2.75, 3.05) is 0 Å². The van der Waals surface area contributed by atoms with E-state index in [1.165, 1.54) is 16.7 Å². The van der Waals surface area contributed by atoms with Crippen LogP contribution in [-0.2, 0) is 7.05 Å². The Hall–Kier alpha value is -2.05. The Bertz CT molecular complexity index is 1040. The van der Waals surface area contributed by atoms with Gasteiger partial charge in [0.15, 0.2) is 5.15 Å². The lowest BCUT2D eigenvalue weighted by molar-refractivity contribution is 0.643. The number of benzene rings is 1. The van der Waals surface area contributed by atoms with Crippen molar-refractivity contribution in [2.24, 2.45) is 7.05 Å². The zero-order valence-electron chi connectivity index (χ0n) is 11.8. The van der Waals surface area contributed by atoms with E-state index in [0.29, 0.717) is 15.8 Å². The van der Waals surface area contributed by atoms with Crippen molar-refractivity contribution in [3.63, 3.8) is 0 Å². The van der Waals surface area contributed by atoms with Crippen LogP contribution in [0.25, 0.3) is 32.4 Å². The molecule has 0 spiro atoms. The molecule has 0 fully saturated rings. The minimum atomic E-state index is -0.365. The highest BCUT2D eigenvalue weighted by molar-refractivity contribution is 7.17. The molecule has 110 valence electrons. The van der Waals surface area contributed by atoms with Gasteiger partial charge in [0.05, 0.1) is 21.1 Å². The molecule has 0 aliphatic carbocycles. The highest BCUT2D eigenvalue weighted by Crippen LogP contribution is 2.36. The molecule has 0 saturated carbocycles. The summed E-state index contributed by atoms with van der Waals surface area (Å²) in [5, 5.41) is 9.87. The first-order valence-electron chi connectivity index (χ1n) is 6.58. The highest BCUT2D eigenvalue weighted by atomic mass is 35.5. The molecule has 0 N–H and O–H groups in total. The first-order chi connectivity index (χ1) is 10.6. The van der Waals surface area contributed by atoms with Crippen LogP contribution in [0.15, 0.2) is 23.6 Å². The molecule has 0 unspecified atom stereocenters. The average molecular weight is 333 g/mol. The molecule has 3 heterocycles. The predicted octanol–water partition coefficient (Wildman–Crippen LogP) is 4.35. The molecule has 4 nitrogen and oxygen atoms in total. The fraction of sp³-hybridized carbons (Fsp3) is 0.133. The van der Waals surface area contributed by atoms with Gasteiger partial charge in [-0.2, -0.15) is 0 Å². The van der Waals surface area contributed by atoms with Crippen molar-refractivity contribution in [1.82, 2.24) is 19.7 Å². The topological polar surface area (TPSA) is 43.6 Å². The van der Waals surface area contributed by atoms with E-state index in [0.717, 1.165) is 22.4 Å². The van der Waals surface area contributed by atoms with Crippen LogP contribution >= 0.6 is 22.9 Å². The van der Waals surface area contributed by atoms with Crippen LogP contribution in [0.5, 0.6) is 0 Å². The van der Waals surface area contributed by atoms with Crippen molar-refractivity contribution in [3.05, 3.63) is 40.4 Å². The molecule has 22 heavy (non-hydrogen) atoms. The molecular formula is C15H10ClFN4S. The van der Waals surface area contributed by atoms with Gasteiger partial charge in [0.2, 0.25) is 0 Å². The monoisotopic (exact) mass is 332 g/mol. The largest absolute Gasteiger partial charge is 0.331 e. The normalized spacial score (nSPS) is 11.6. The predicted molar refractivity (Wildman–Crippen MR) is 86.8 cm³/mol. The summed E-state index contributed by atoms with van der Waals surface area (Å²) in [4.78, 5) is 4.52. The first kappa shape index (κ1) is 13.6. The smallest absolute Gasteiger partial charge is 0.163 e. The summed E-state index contributed by atoms with van der Waals surface area (Å²) < 4.78 is 16.6. The van der Waals surface area contributed by atoms with Gasteiger partial charge in [-0.15, -0.1) is 21.5 Å². The molecule has 7 heteroatoms. The van der Waals surface area contributed by atoms with Gasteiger partial charge in [-0.25, -0.2) is 9.37 Å². The van der Waals surface area contributed by atoms with E-state index in [2.05, 4.69) is 15.2 Å². The zero-order valence-corrected chi connectivity index (χ0v) is 13.3. The molecule has 0 saturated heterocycles. The SMILES string of the molecule is Cc1nc2cc(-c3nnc(Cl)c4c(F)csc34)ccc2n1C. The molecule has 0 aliphatic rings. The molecule has 0 amide bonds. The van der Waals surface area contributed by atoms with Crippen LogP contribution in [0.2, 0.25) is 5.15 Å². The number of nitrogens with zero attached hydrogens (tertiary/aromatic N) is 4. The van der Waals surface area contributed by atoms with Crippen LogP contribution < -0.4 is 0 Å². The molecule has 4 aromatic rings. The minimum absolute atomic E-state index is 0.0901. The summed E-state index contributed by atoms with van der Waals surface area (Å²) in [5.74, 6) is 0.567. The minimum Gasteiger partial charge on any atom is -0.331 e. The maximum atomic E-state index is 13.9. The fourth-order valence-corrected chi connectivity index (χ4v) is 3.75. The summed E-state index contributed by atoms with van der Waals surface area (Å²) in [7, 11) is 1.97. The summed E-state index contributed by atoms with van der Waals surface area (Å²) in [6, 6.07) is 5.87. The Kier molecular flexibility index (Phi) is 2.92. The average Bonchev–Trinajstić information content (AvgIpc) is 3.02. The third kappa shape index (κ3) is 1.84. The number of hydrogen-bond acceptors (Lipinski definition) is 4. The van der Waals surface area contributed by atoms with Gasteiger partial charge in [-0.1, -0.05) is 17.7 Å². The number of thiophene rings is 1. The van der Waals surface area contributed by atoms with Gasteiger partial charge < -0.3 is 4.57 Å². The molecule has 0 atom stereocenters. The molecule has 0 bridgehead atoms. The van der Waals surface area contributed by atoms with E-state index in [1.807, 2.05) is 36.7 Å². The van der Waals surface area contributed by atoms with E-state index < -0.39 is 0 Å². The molecular weight excluding hydrogens is 323 g/mol. The summed E-state index contributed by atoms with van der Waals surface area (Å²) >= 11 is 7.24. The standard InChI is InChI=1S/C15H10ClFN4S/c1-7-18-10-5-8(3-4-11(10)21(7)2)13-14-12(9(17)6-22-14)15(16)20-19-13/h3-6H,1-2H3. The number of aromatic nitrogens is 4. The van der Waals surface area contributed by atoms with Crippen molar-refractivity contribution < 1.29 is 4.39 Å². The third-order valence-corrected chi connectivity index (χ3v) is 5.01. The Balaban J connectivity index is 2.01. The van der Waals surface area contributed by atoms with E-state index in [-0.39, 0.29) is 11.0 Å². The lowest BCUT2D eigenvalue weighted by Crippen LogP contribution is -1.91. The number of imidazole rings is 1. The maximum absolute atomic E-state index is 13.9. The molecule has 0 aliphatic heterocycles. The second kappa shape index (κ2) is 4.72. The van der Waals surface area contributed by atoms with E-state index >= 15 is 0 Å². The summed E-state index contributed by atoms with van der Waals surface area (Å²) in [5.41, 5.74) is 3.39. The zero-order chi connectivity index (χ0) is 15.4. The fourth-order valence-electron chi connectivity index (χ4n) is 2.55. The number of fused-ring (bicyclic) bond motifs is 2. The van der Waals surface area contributed by atoms with Crippen LogP contribution in [0.3, 0.4) is 0 Å². The van der Waals surface area contributed by atoms with Gasteiger partial charge >= 0.3 is 0 Å². The van der Waals surface area contributed by atoms with Crippen molar-refractivity contribution >= 4 is 44.1 Å². The van der Waals surface area contributed by atoms with Gasteiger partial charge in [-0.05, 0) is 19.1 Å². The first-order valence-corrected chi connectivity index (χ1v) is 7.84. The van der Waals surface area contributed by atoms with Crippen LogP contribution in [0, 0.1) is 12.7 Å². The van der Waals surface area contributed by atoms with Crippen LogP contribution in [0.4, 0.5) is 4.39 Å². The van der Waals surface area contributed by atoms with Crippen LogP contribution in [0.1, 0.15) is 5.82 Å². The number of hydrogen-bond donors (Lipinski definition) is 0. The van der Waals surface area contributed by atoms with Gasteiger partial charge in [0.25, 0.3) is 0 Å². The Morgan fingerprint density at radius 2 is 2.09 bits per heavy atom. The van der Waals surface area contributed by atoms with E-state index in [9.17, 15) is 4.39 Å².